The van der Waals surface area contributed by atoms with Crippen LogP contribution in [0.5, 0.6) is 5.75 Å². The molecule has 1 amide bonds. The molecule has 0 radical (unpaired) electrons. The molecule has 0 aromatic heterocycles. The van der Waals surface area contributed by atoms with Crippen molar-refractivity contribution in [2.45, 2.75) is 19.0 Å². The highest BCUT2D eigenvalue weighted by molar-refractivity contribution is 5.85. The lowest BCUT2D eigenvalue weighted by molar-refractivity contribution is -0.131. The predicted octanol–water partition coefficient (Wildman–Crippen LogP) is 1.98. The smallest absolute Gasteiger partial charge is 0.230 e. The number of hydrogen-bond donors (Lipinski definition) is 0. The van der Waals surface area contributed by atoms with Crippen LogP contribution in [-0.4, -0.2) is 24.0 Å². The van der Waals surface area contributed by atoms with Crippen LogP contribution in [-0.2, 0) is 11.3 Å². The molecule has 3 nitrogen and oxygen atoms in total. The Hall–Kier alpha value is -1.77. The average Bonchev–Trinajstić information content (AvgIpc) is 2.94. The molecule has 0 spiro atoms. The molecule has 1 heterocycles. The molecule has 2 atom stereocenters. The van der Waals surface area contributed by atoms with Crippen LogP contribution in [0, 0.1) is 5.92 Å². The van der Waals surface area contributed by atoms with Crippen molar-refractivity contribution in [3.63, 3.8) is 0 Å². The van der Waals surface area contributed by atoms with Crippen LogP contribution >= 0.6 is 0 Å². The van der Waals surface area contributed by atoms with Gasteiger partial charge in [-0.2, -0.15) is 0 Å². The molecule has 2 aliphatic rings. The van der Waals surface area contributed by atoms with Gasteiger partial charge in [-0.05, 0) is 24.1 Å². The Balaban J connectivity index is 1.74. The van der Waals surface area contributed by atoms with Gasteiger partial charge in [0.15, 0.2) is 0 Å². The fourth-order valence-corrected chi connectivity index (χ4v) is 2.59. The minimum atomic E-state index is 0.137. The number of amides is 1. The van der Waals surface area contributed by atoms with Gasteiger partial charge in [-0.15, -0.1) is 0 Å². The molecular formula is C14H15NO2. The van der Waals surface area contributed by atoms with Gasteiger partial charge in [0.2, 0.25) is 5.91 Å². The summed E-state index contributed by atoms with van der Waals surface area (Å²) in [6.07, 6.45) is 5.15. The van der Waals surface area contributed by atoms with E-state index in [9.17, 15) is 4.79 Å². The van der Waals surface area contributed by atoms with Gasteiger partial charge in [-0.3, -0.25) is 4.79 Å². The van der Waals surface area contributed by atoms with Gasteiger partial charge < -0.3 is 9.64 Å². The minimum Gasteiger partial charge on any atom is -0.497 e. The zero-order valence-electron chi connectivity index (χ0n) is 9.80. The first kappa shape index (κ1) is 10.4. The maximum atomic E-state index is 11.9. The second kappa shape index (κ2) is 3.91. The molecule has 1 aliphatic carbocycles. The monoisotopic (exact) mass is 229 g/mol. The van der Waals surface area contributed by atoms with E-state index in [-0.39, 0.29) is 11.8 Å². The van der Waals surface area contributed by atoms with E-state index >= 15 is 0 Å². The number of carbonyl (C=O) groups is 1. The molecule has 0 unspecified atom stereocenters. The summed E-state index contributed by atoms with van der Waals surface area (Å²) in [5.41, 5.74) is 1.15. The minimum absolute atomic E-state index is 0.137. The van der Waals surface area contributed by atoms with Crippen molar-refractivity contribution in [3.05, 3.63) is 42.0 Å². The van der Waals surface area contributed by atoms with E-state index in [1.165, 1.54) is 0 Å². The van der Waals surface area contributed by atoms with Gasteiger partial charge >= 0.3 is 0 Å². The fraction of sp³-hybridized carbons (Fsp3) is 0.357. The van der Waals surface area contributed by atoms with E-state index in [2.05, 4.69) is 6.08 Å². The van der Waals surface area contributed by atoms with Crippen molar-refractivity contribution in [3.8, 4) is 5.75 Å². The molecule has 3 rings (SSSR count). The number of ether oxygens (including phenoxy) is 1. The maximum absolute atomic E-state index is 11.9. The highest BCUT2D eigenvalue weighted by atomic mass is 16.5. The Morgan fingerprint density at radius 2 is 2.06 bits per heavy atom. The van der Waals surface area contributed by atoms with E-state index in [1.54, 1.807) is 7.11 Å². The van der Waals surface area contributed by atoms with Gasteiger partial charge in [0.05, 0.1) is 19.1 Å². The van der Waals surface area contributed by atoms with Gasteiger partial charge in [-0.25, -0.2) is 0 Å². The summed E-state index contributed by atoms with van der Waals surface area (Å²) < 4.78 is 5.12. The number of hydrogen-bond acceptors (Lipinski definition) is 2. The number of fused-ring (bicyclic) bond motifs is 2. The molecule has 1 fully saturated rings. The number of nitrogens with zero attached hydrogens (tertiary/aromatic N) is 1. The summed E-state index contributed by atoms with van der Waals surface area (Å²) in [7, 11) is 1.66. The van der Waals surface area contributed by atoms with Crippen LogP contribution in [0.4, 0.5) is 0 Å². The Labute approximate surface area is 101 Å². The molecule has 17 heavy (non-hydrogen) atoms. The van der Waals surface area contributed by atoms with Crippen molar-refractivity contribution in [2.24, 2.45) is 5.92 Å². The lowest BCUT2D eigenvalue weighted by atomic mass is 10.1. The first-order chi connectivity index (χ1) is 8.28. The second-order valence-electron chi connectivity index (χ2n) is 4.61. The Morgan fingerprint density at radius 3 is 2.65 bits per heavy atom. The van der Waals surface area contributed by atoms with Crippen molar-refractivity contribution >= 4 is 5.91 Å². The van der Waals surface area contributed by atoms with Crippen molar-refractivity contribution in [2.75, 3.05) is 7.11 Å². The summed E-state index contributed by atoms with van der Waals surface area (Å²) in [5.74, 6) is 1.26. The summed E-state index contributed by atoms with van der Waals surface area (Å²) in [6.45, 7) is 0.703. The number of rotatable bonds is 3. The normalized spacial score (nSPS) is 25.7. The Kier molecular flexibility index (Phi) is 2.39. The largest absolute Gasteiger partial charge is 0.497 e. The summed E-state index contributed by atoms with van der Waals surface area (Å²) in [6, 6.07) is 8.21. The van der Waals surface area contributed by atoms with E-state index in [4.69, 9.17) is 4.74 Å². The molecule has 3 heteroatoms. The summed E-state index contributed by atoms with van der Waals surface area (Å²) >= 11 is 0. The third-order valence-electron chi connectivity index (χ3n) is 3.57. The number of carbonyl (C=O) groups excluding carboxylic acids is 1. The predicted molar refractivity (Wildman–Crippen MR) is 64.6 cm³/mol. The standard InChI is InChI=1S/C14H15NO2/c1-17-13-6-2-10(3-7-13)9-15-12-5-4-11(8-12)14(15)16/h2-7,11-12H,8-9H2,1H3/t11-,12+/m1/s1. The first-order valence-corrected chi connectivity index (χ1v) is 5.89. The fourth-order valence-electron chi connectivity index (χ4n) is 2.59. The number of likely N-dealkylation sites (tertiary alicyclic amines) is 1. The summed E-state index contributed by atoms with van der Waals surface area (Å²) in [4.78, 5) is 13.9. The zero-order chi connectivity index (χ0) is 11.8. The zero-order valence-corrected chi connectivity index (χ0v) is 9.80. The van der Waals surface area contributed by atoms with Gasteiger partial charge in [-0.1, -0.05) is 24.3 Å². The van der Waals surface area contributed by atoms with Crippen LogP contribution in [0.25, 0.3) is 0 Å². The van der Waals surface area contributed by atoms with Crippen LogP contribution in [0.15, 0.2) is 36.4 Å². The first-order valence-electron chi connectivity index (χ1n) is 5.89. The highest BCUT2D eigenvalue weighted by Crippen LogP contribution is 2.33. The molecule has 1 aromatic carbocycles. The lowest BCUT2D eigenvalue weighted by Crippen LogP contribution is -2.33. The Morgan fingerprint density at radius 1 is 1.29 bits per heavy atom. The molecule has 88 valence electrons. The van der Waals surface area contributed by atoms with Crippen molar-refractivity contribution < 1.29 is 9.53 Å². The van der Waals surface area contributed by atoms with Gasteiger partial charge in [0.25, 0.3) is 0 Å². The molecule has 1 aliphatic heterocycles. The Bertz CT molecular complexity index is 464. The molecule has 0 N–H and O–H groups in total. The lowest BCUT2D eigenvalue weighted by Gasteiger charge is -2.24. The third-order valence-corrected chi connectivity index (χ3v) is 3.57. The van der Waals surface area contributed by atoms with Crippen LogP contribution in [0.1, 0.15) is 12.0 Å². The second-order valence-corrected chi connectivity index (χ2v) is 4.61. The highest BCUT2D eigenvalue weighted by Gasteiger charge is 2.40. The van der Waals surface area contributed by atoms with E-state index in [0.29, 0.717) is 12.6 Å². The van der Waals surface area contributed by atoms with E-state index in [1.807, 2.05) is 35.2 Å². The van der Waals surface area contributed by atoms with Gasteiger partial charge in [0.1, 0.15) is 5.75 Å². The summed E-state index contributed by atoms with van der Waals surface area (Å²) in [5, 5.41) is 0. The molecular weight excluding hydrogens is 214 g/mol. The van der Waals surface area contributed by atoms with E-state index in [0.717, 1.165) is 17.7 Å². The van der Waals surface area contributed by atoms with Crippen molar-refractivity contribution in [1.29, 1.82) is 0 Å². The maximum Gasteiger partial charge on any atom is 0.230 e. The quantitative estimate of drug-likeness (QED) is 0.742. The average molecular weight is 229 g/mol. The molecule has 0 saturated carbocycles. The topological polar surface area (TPSA) is 29.5 Å². The SMILES string of the molecule is COc1ccc(CN2C(=O)[C@@H]3C=C[C@H]2C3)cc1. The number of methoxy groups -OCH3 is 1. The molecule has 1 saturated heterocycles. The molecule has 1 aromatic rings. The van der Waals surface area contributed by atoms with Gasteiger partial charge in [0, 0.05) is 6.54 Å². The third kappa shape index (κ3) is 1.71. The van der Waals surface area contributed by atoms with Crippen molar-refractivity contribution in [1.82, 2.24) is 4.90 Å². The van der Waals surface area contributed by atoms with Crippen LogP contribution in [0.3, 0.4) is 0 Å². The van der Waals surface area contributed by atoms with E-state index < -0.39 is 0 Å². The molecule has 2 bridgehead atoms. The van der Waals surface area contributed by atoms with Crippen LogP contribution < -0.4 is 4.74 Å². The van der Waals surface area contributed by atoms with Crippen LogP contribution in [0.2, 0.25) is 0 Å². The number of benzene rings is 1.